The number of ether oxygens (including phenoxy) is 1. The van der Waals surface area contributed by atoms with Crippen molar-refractivity contribution in [2.75, 3.05) is 11.9 Å². The fourth-order valence-corrected chi connectivity index (χ4v) is 3.40. The van der Waals surface area contributed by atoms with Gasteiger partial charge in [0.05, 0.1) is 12.2 Å². The van der Waals surface area contributed by atoms with Crippen LogP contribution in [0.2, 0.25) is 0 Å². The van der Waals surface area contributed by atoms with Gasteiger partial charge in [0.2, 0.25) is 0 Å². The number of aryl methyl sites for hydroxylation is 1. The number of imide groups is 1. The monoisotopic (exact) mass is 424 g/mol. The standard InChI is InChI=1S/C17H17BrN2O4S/c1-4-24-17(23)20-15(22)13-9(2)10(3)25-16(13)19-14(21)11-5-7-12(18)8-6-11/h5-8H,4H2,1-3H3,(H,19,21)(H,20,22,23). The molecule has 0 atom stereocenters. The van der Waals surface area contributed by atoms with Gasteiger partial charge >= 0.3 is 6.09 Å². The third-order valence-corrected chi connectivity index (χ3v) is 5.09. The van der Waals surface area contributed by atoms with Crippen LogP contribution >= 0.6 is 27.3 Å². The van der Waals surface area contributed by atoms with Crippen LogP contribution in [0.1, 0.15) is 38.1 Å². The van der Waals surface area contributed by atoms with E-state index in [2.05, 4.69) is 26.6 Å². The summed E-state index contributed by atoms with van der Waals surface area (Å²) in [5, 5.41) is 5.30. The van der Waals surface area contributed by atoms with Crippen molar-refractivity contribution < 1.29 is 19.1 Å². The first-order chi connectivity index (χ1) is 11.8. The Labute approximate surface area is 157 Å². The minimum absolute atomic E-state index is 0.161. The van der Waals surface area contributed by atoms with Crippen LogP contribution in [0.3, 0.4) is 0 Å². The number of hydrogen-bond donors (Lipinski definition) is 2. The number of carbonyl (C=O) groups excluding carboxylic acids is 3. The predicted molar refractivity (Wildman–Crippen MR) is 100 cm³/mol. The van der Waals surface area contributed by atoms with Crippen molar-refractivity contribution in [1.29, 1.82) is 0 Å². The quantitative estimate of drug-likeness (QED) is 0.767. The Kier molecular flexibility index (Phi) is 6.33. The van der Waals surface area contributed by atoms with Crippen LogP contribution in [0.5, 0.6) is 0 Å². The van der Waals surface area contributed by atoms with Crippen molar-refractivity contribution in [2.24, 2.45) is 0 Å². The maximum absolute atomic E-state index is 12.4. The zero-order chi connectivity index (χ0) is 18.6. The Hall–Kier alpha value is -2.19. The van der Waals surface area contributed by atoms with Crippen LogP contribution in [0, 0.1) is 13.8 Å². The molecule has 0 radical (unpaired) electrons. The summed E-state index contributed by atoms with van der Waals surface area (Å²) >= 11 is 4.60. The van der Waals surface area contributed by atoms with Gasteiger partial charge in [0.25, 0.3) is 11.8 Å². The minimum Gasteiger partial charge on any atom is -0.450 e. The van der Waals surface area contributed by atoms with Crippen LogP contribution in [0.15, 0.2) is 28.7 Å². The van der Waals surface area contributed by atoms with Crippen molar-refractivity contribution in [3.05, 3.63) is 50.3 Å². The molecule has 2 rings (SSSR count). The highest BCUT2D eigenvalue weighted by Gasteiger charge is 2.23. The molecule has 0 aliphatic carbocycles. The number of carbonyl (C=O) groups is 3. The lowest BCUT2D eigenvalue weighted by Crippen LogP contribution is -2.31. The lowest BCUT2D eigenvalue weighted by molar-refractivity contribution is 0.0925. The number of amides is 3. The van der Waals surface area contributed by atoms with Crippen molar-refractivity contribution in [1.82, 2.24) is 5.32 Å². The van der Waals surface area contributed by atoms with Gasteiger partial charge in [-0.05, 0) is 50.6 Å². The van der Waals surface area contributed by atoms with Gasteiger partial charge in [-0.25, -0.2) is 4.79 Å². The average Bonchev–Trinajstić information content (AvgIpc) is 2.82. The zero-order valence-electron chi connectivity index (χ0n) is 13.9. The van der Waals surface area contributed by atoms with Crippen molar-refractivity contribution >= 4 is 50.2 Å². The molecule has 0 fully saturated rings. The molecule has 0 saturated carbocycles. The summed E-state index contributed by atoms with van der Waals surface area (Å²) in [7, 11) is 0. The summed E-state index contributed by atoms with van der Waals surface area (Å²) in [6.07, 6.45) is -0.819. The first kappa shape index (κ1) is 19.1. The van der Waals surface area contributed by atoms with Crippen molar-refractivity contribution in [2.45, 2.75) is 20.8 Å². The predicted octanol–water partition coefficient (Wildman–Crippen LogP) is 4.27. The normalized spacial score (nSPS) is 10.2. The second kappa shape index (κ2) is 8.26. The molecule has 3 amide bonds. The topological polar surface area (TPSA) is 84.5 Å². The Morgan fingerprint density at radius 3 is 2.36 bits per heavy atom. The molecule has 2 aromatic rings. The van der Waals surface area contributed by atoms with Crippen LogP contribution < -0.4 is 10.6 Å². The van der Waals surface area contributed by atoms with E-state index in [1.165, 1.54) is 11.3 Å². The molecule has 0 spiro atoms. The molecule has 0 unspecified atom stereocenters. The van der Waals surface area contributed by atoms with Gasteiger partial charge in [0.1, 0.15) is 5.00 Å². The lowest BCUT2D eigenvalue weighted by atomic mass is 10.1. The zero-order valence-corrected chi connectivity index (χ0v) is 16.3. The van der Waals surface area contributed by atoms with E-state index in [0.29, 0.717) is 16.1 Å². The average molecular weight is 425 g/mol. The number of anilines is 1. The summed E-state index contributed by atoms with van der Waals surface area (Å²) in [6.45, 7) is 5.42. The fourth-order valence-electron chi connectivity index (χ4n) is 2.09. The summed E-state index contributed by atoms with van der Waals surface area (Å²) in [5.74, 6) is -0.939. The first-order valence-electron chi connectivity index (χ1n) is 7.48. The highest BCUT2D eigenvalue weighted by molar-refractivity contribution is 9.10. The second-order valence-corrected chi connectivity index (χ2v) is 7.26. The van der Waals surface area contributed by atoms with Crippen LogP contribution in [0.4, 0.5) is 9.80 Å². The van der Waals surface area contributed by atoms with Gasteiger partial charge < -0.3 is 10.1 Å². The molecule has 132 valence electrons. The number of rotatable bonds is 4. The molecule has 2 N–H and O–H groups in total. The SMILES string of the molecule is CCOC(=O)NC(=O)c1c(NC(=O)c2ccc(Br)cc2)sc(C)c1C. The van der Waals surface area contributed by atoms with Gasteiger partial charge in [0.15, 0.2) is 0 Å². The molecule has 1 aromatic carbocycles. The molecule has 0 aliphatic rings. The van der Waals surface area contributed by atoms with Crippen LogP contribution in [-0.2, 0) is 4.74 Å². The van der Waals surface area contributed by atoms with E-state index < -0.39 is 12.0 Å². The number of benzene rings is 1. The third-order valence-electron chi connectivity index (χ3n) is 3.44. The number of hydrogen-bond acceptors (Lipinski definition) is 5. The van der Waals surface area contributed by atoms with Crippen molar-refractivity contribution in [3.63, 3.8) is 0 Å². The Balaban J connectivity index is 2.25. The summed E-state index contributed by atoms with van der Waals surface area (Å²) in [6, 6.07) is 6.86. The van der Waals surface area contributed by atoms with E-state index in [1.54, 1.807) is 38.1 Å². The van der Waals surface area contributed by atoms with E-state index in [0.717, 1.165) is 9.35 Å². The summed E-state index contributed by atoms with van der Waals surface area (Å²) in [4.78, 5) is 37.2. The summed E-state index contributed by atoms with van der Waals surface area (Å²) in [5.41, 5.74) is 1.43. The molecule has 0 bridgehead atoms. The number of nitrogens with one attached hydrogen (secondary N) is 2. The van der Waals surface area contributed by atoms with E-state index in [1.807, 2.05) is 6.92 Å². The molecule has 1 heterocycles. The molecule has 0 aliphatic heterocycles. The Morgan fingerprint density at radius 1 is 1.12 bits per heavy atom. The molecule has 25 heavy (non-hydrogen) atoms. The number of alkyl carbamates (subject to hydrolysis) is 1. The van der Waals surface area contributed by atoms with Gasteiger partial charge in [-0.3, -0.25) is 14.9 Å². The molecular weight excluding hydrogens is 408 g/mol. The van der Waals surface area contributed by atoms with E-state index in [-0.39, 0.29) is 18.1 Å². The van der Waals surface area contributed by atoms with Gasteiger partial charge in [0, 0.05) is 14.9 Å². The Bertz CT molecular complexity index is 815. The maximum Gasteiger partial charge on any atom is 0.414 e. The van der Waals surface area contributed by atoms with E-state index in [4.69, 9.17) is 4.74 Å². The van der Waals surface area contributed by atoms with Crippen molar-refractivity contribution in [3.8, 4) is 0 Å². The third kappa shape index (κ3) is 4.67. The largest absolute Gasteiger partial charge is 0.450 e. The number of thiophene rings is 1. The first-order valence-corrected chi connectivity index (χ1v) is 9.09. The fraction of sp³-hybridized carbons (Fsp3) is 0.235. The lowest BCUT2D eigenvalue weighted by Gasteiger charge is -2.08. The smallest absolute Gasteiger partial charge is 0.414 e. The van der Waals surface area contributed by atoms with E-state index in [9.17, 15) is 14.4 Å². The van der Waals surface area contributed by atoms with Crippen LogP contribution in [-0.4, -0.2) is 24.5 Å². The molecular formula is C17H17BrN2O4S. The molecule has 0 saturated heterocycles. The van der Waals surface area contributed by atoms with Gasteiger partial charge in [-0.15, -0.1) is 11.3 Å². The molecule has 6 nitrogen and oxygen atoms in total. The molecule has 8 heteroatoms. The van der Waals surface area contributed by atoms with E-state index >= 15 is 0 Å². The van der Waals surface area contributed by atoms with Crippen LogP contribution in [0.25, 0.3) is 0 Å². The highest BCUT2D eigenvalue weighted by Crippen LogP contribution is 2.32. The minimum atomic E-state index is -0.819. The summed E-state index contributed by atoms with van der Waals surface area (Å²) < 4.78 is 5.59. The highest BCUT2D eigenvalue weighted by atomic mass is 79.9. The maximum atomic E-state index is 12.4. The molecule has 1 aromatic heterocycles. The number of halogens is 1. The Morgan fingerprint density at radius 2 is 1.76 bits per heavy atom. The van der Waals surface area contributed by atoms with Gasteiger partial charge in [-0.2, -0.15) is 0 Å². The van der Waals surface area contributed by atoms with Gasteiger partial charge in [-0.1, -0.05) is 15.9 Å². The second-order valence-electron chi connectivity index (χ2n) is 5.12.